The summed E-state index contributed by atoms with van der Waals surface area (Å²) in [7, 11) is 1.91. The van der Waals surface area contributed by atoms with Crippen molar-refractivity contribution < 1.29 is 0 Å². The Kier molecular flexibility index (Phi) is 4.57. The fraction of sp³-hybridized carbons (Fsp3) is 0.538. The van der Waals surface area contributed by atoms with Crippen molar-refractivity contribution in [3.63, 3.8) is 0 Å². The minimum atomic E-state index is 0.0559. The quantitative estimate of drug-likeness (QED) is 0.847. The van der Waals surface area contributed by atoms with Gasteiger partial charge in [-0.15, -0.1) is 0 Å². The standard InChI is InChI=1S/C13H20N6/c1-4-5-19-12(17-9-18-19)6-11(14-3)13-15-7-10(2)8-16-13/h7-9,11,14H,4-6H2,1-3H3. The van der Waals surface area contributed by atoms with E-state index < -0.39 is 0 Å². The third-order valence-electron chi connectivity index (χ3n) is 2.98. The molecule has 0 bridgehead atoms. The maximum Gasteiger partial charge on any atom is 0.145 e. The molecular weight excluding hydrogens is 240 g/mol. The molecule has 102 valence electrons. The molecule has 1 N–H and O–H groups in total. The summed E-state index contributed by atoms with van der Waals surface area (Å²) in [6, 6.07) is 0.0559. The molecule has 0 aliphatic rings. The Morgan fingerprint density at radius 2 is 2.00 bits per heavy atom. The van der Waals surface area contributed by atoms with Crippen molar-refractivity contribution in [2.24, 2.45) is 0 Å². The topological polar surface area (TPSA) is 68.5 Å². The highest BCUT2D eigenvalue weighted by molar-refractivity contribution is 5.06. The number of hydrogen-bond acceptors (Lipinski definition) is 5. The Bertz CT molecular complexity index is 504. The molecule has 2 heterocycles. The predicted molar refractivity (Wildman–Crippen MR) is 72.6 cm³/mol. The van der Waals surface area contributed by atoms with E-state index in [1.54, 1.807) is 6.33 Å². The van der Waals surface area contributed by atoms with Gasteiger partial charge in [-0.1, -0.05) is 6.92 Å². The monoisotopic (exact) mass is 260 g/mol. The van der Waals surface area contributed by atoms with Crippen molar-refractivity contribution in [1.29, 1.82) is 0 Å². The van der Waals surface area contributed by atoms with Crippen LogP contribution in [0.25, 0.3) is 0 Å². The summed E-state index contributed by atoms with van der Waals surface area (Å²) in [5.41, 5.74) is 1.06. The van der Waals surface area contributed by atoms with Crippen LogP contribution in [0.4, 0.5) is 0 Å². The van der Waals surface area contributed by atoms with Crippen LogP contribution in [0.1, 0.15) is 36.6 Å². The molecule has 0 aliphatic carbocycles. The summed E-state index contributed by atoms with van der Waals surface area (Å²) >= 11 is 0. The van der Waals surface area contributed by atoms with E-state index in [-0.39, 0.29) is 6.04 Å². The molecule has 0 fully saturated rings. The third kappa shape index (κ3) is 3.35. The van der Waals surface area contributed by atoms with Crippen molar-refractivity contribution >= 4 is 0 Å². The van der Waals surface area contributed by atoms with Gasteiger partial charge >= 0.3 is 0 Å². The minimum Gasteiger partial charge on any atom is -0.310 e. The van der Waals surface area contributed by atoms with E-state index >= 15 is 0 Å². The molecule has 2 aromatic heterocycles. The zero-order valence-corrected chi connectivity index (χ0v) is 11.7. The van der Waals surface area contributed by atoms with Crippen molar-refractivity contribution in [3.05, 3.63) is 35.9 Å². The van der Waals surface area contributed by atoms with Gasteiger partial charge in [0.25, 0.3) is 0 Å². The molecule has 19 heavy (non-hydrogen) atoms. The summed E-state index contributed by atoms with van der Waals surface area (Å²) in [4.78, 5) is 13.1. The Hall–Kier alpha value is -1.82. The second-order valence-electron chi connectivity index (χ2n) is 4.56. The zero-order chi connectivity index (χ0) is 13.7. The van der Waals surface area contributed by atoms with E-state index in [1.807, 2.05) is 31.0 Å². The lowest BCUT2D eigenvalue weighted by Gasteiger charge is -2.14. The highest BCUT2D eigenvalue weighted by Gasteiger charge is 2.16. The number of rotatable bonds is 6. The fourth-order valence-electron chi connectivity index (χ4n) is 1.93. The first kappa shape index (κ1) is 13.6. The van der Waals surface area contributed by atoms with Crippen LogP contribution >= 0.6 is 0 Å². The number of hydrogen-bond donors (Lipinski definition) is 1. The molecule has 0 aliphatic heterocycles. The molecule has 0 radical (unpaired) electrons. The number of nitrogens with zero attached hydrogens (tertiary/aromatic N) is 5. The lowest BCUT2D eigenvalue weighted by atomic mass is 10.2. The summed E-state index contributed by atoms with van der Waals surface area (Å²) in [5.74, 6) is 1.75. The first-order chi connectivity index (χ1) is 9.24. The molecule has 0 aromatic carbocycles. The number of likely N-dealkylation sites (N-methyl/N-ethyl adjacent to an activating group) is 1. The van der Waals surface area contributed by atoms with Crippen LogP contribution in [0, 0.1) is 6.92 Å². The minimum absolute atomic E-state index is 0.0559. The second-order valence-corrected chi connectivity index (χ2v) is 4.56. The summed E-state index contributed by atoms with van der Waals surface area (Å²) in [6.07, 6.45) is 7.06. The average Bonchev–Trinajstić information content (AvgIpc) is 2.85. The predicted octanol–water partition coefficient (Wildman–Crippen LogP) is 1.29. The molecule has 2 aromatic rings. The highest BCUT2D eigenvalue weighted by Crippen LogP contribution is 2.13. The van der Waals surface area contributed by atoms with Gasteiger partial charge in [-0.25, -0.2) is 15.0 Å². The lowest BCUT2D eigenvalue weighted by molar-refractivity contribution is 0.501. The molecule has 0 spiro atoms. The van der Waals surface area contributed by atoms with Crippen LogP contribution in [-0.4, -0.2) is 31.8 Å². The molecule has 6 heteroatoms. The van der Waals surface area contributed by atoms with Gasteiger partial charge in [0.1, 0.15) is 18.0 Å². The van der Waals surface area contributed by atoms with E-state index in [1.165, 1.54) is 0 Å². The average molecular weight is 260 g/mol. The Balaban J connectivity index is 2.14. The van der Waals surface area contributed by atoms with E-state index in [9.17, 15) is 0 Å². The second kappa shape index (κ2) is 6.38. The normalized spacial score (nSPS) is 12.6. The Labute approximate surface area is 113 Å². The largest absolute Gasteiger partial charge is 0.310 e. The SMILES string of the molecule is CCCn1ncnc1CC(NC)c1ncc(C)cn1. The molecular formula is C13H20N6. The van der Waals surface area contributed by atoms with E-state index in [2.05, 4.69) is 32.3 Å². The van der Waals surface area contributed by atoms with Crippen molar-refractivity contribution in [1.82, 2.24) is 30.0 Å². The highest BCUT2D eigenvalue weighted by atomic mass is 15.3. The summed E-state index contributed by atoms with van der Waals surface area (Å²) in [5, 5.41) is 7.48. The number of aromatic nitrogens is 5. The number of nitrogens with one attached hydrogen (secondary N) is 1. The summed E-state index contributed by atoms with van der Waals surface area (Å²) < 4.78 is 1.94. The van der Waals surface area contributed by atoms with Crippen LogP contribution in [0.2, 0.25) is 0 Å². The summed E-state index contributed by atoms with van der Waals surface area (Å²) in [6.45, 7) is 5.00. The first-order valence-corrected chi connectivity index (χ1v) is 6.57. The van der Waals surface area contributed by atoms with Crippen LogP contribution in [-0.2, 0) is 13.0 Å². The molecule has 6 nitrogen and oxygen atoms in total. The van der Waals surface area contributed by atoms with Crippen LogP contribution in [0.3, 0.4) is 0 Å². The zero-order valence-electron chi connectivity index (χ0n) is 11.7. The molecule has 0 amide bonds. The van der Waals surface area contributed by atoms with Crippen LogP contribution in [0.5, 0.6) is 0 Å². The van der Waals surface area contributed by atoms with Gasteiger partial charge in [0.15, 0.2) is 0 Å². The maximum absolute atomic E-state index is 4.37. The van der Waals surface area contributed by atoms with Crippen molar-refractivity contribution in [3.8, 4) is 0 Å². The fourth-order valence-corrected chi connectivity index (χ4v) is 1.93. The first-order valence-electron chi connectivity index (χ1n) is 6.57. The third-order valence-corrected chi connectivity index (χ3v) is 2.98. The van der Waals surface area contributed by atoms with Gasteiger partial charge < -0.3 is 5.32 Å². The van der Waals surface area contributed by atoms with Gasteiger partial charge in [-0.2, -0.15) is 5.10 Å². The van der Waals surface area contributed by atoms with E-state index in [0.717, 1.165) is 36.6 Å². The Morgan fingerprint density at radius 1 is 1.26 bits per heavy atom. The molecule has 0 saturated carbocycles. The van der Waals surface area contributed by atoms with Gasteiger partial charge in [-0.3, -0.25) is 4.68 Å². The molecule has 1 unspecified atom stereocenters. The van der Waals surface area contributed by atoms with Gasteiger partial charge in [-0.05, 0) is 26.0 Å². The number of aryl methyl sites for hydroxylation is 2. The molecule has 0 saturated heterocycles. The van der Waals surface area contributed by atoms with E-state index in [4.69, 9.17) is 0 Å². The maximum atomic E-state index is 4.37. The van der Waals surface area contributed by atoms with Crippen molar-refractivity contribution in [2.75, 3.05) is 7.05 Å². The smallest absolute Gasteiger partial charge is 0.145 e. The molecule has 1 atom stereocenters. The Morgan fingerprint density at radius 3 is 2.63 bits per heavy atom. The van der Waals surface area contributed by atoms with Gasteiger partial charge in [0.2, 0.25) is 0 Å². The van der Waals surface area contributed by atoms with Crippen molar-refractivity contribution in [2.45, 2.75) is 39.3 Å². The van der Waals surface area contributed by atoms with Crippen LogP contribution in [0.15, 0.2) is 18.7 Å². The molecule has 2 rings (SSSR count). The van der Waals surface area contributed by atoms with Crippen LogP contribution < -0.4 is 5.32 Å². The van der Waals surface area contributed by atoms with E-state index in [0.29, 0.717) is 0 Å². The lowest BCUT2D eigenvalue weighted by Crippen LogP contribution is -2.23. The van der Waals surface area contributed by atoms with Gasteiger partial charge in [0, 0.05) is 25.4 Å². The van der Waals surface area contributed by atoms with Gasteiger partial charge in [0.05, 0.1) is 6.04 Å².